The Morgan fingerprint density at radius 2 is 1.86 bits per heavy atom. The lowest BCUT2D eigenvalue weighted by Gasteiger charge is -2.25. The second-order valence-electron chi connectivity index (χ2n) is 5.87. The largest absolute Gasteiger partial charge is 0.382 e. The molecule has 0 saturated heterocycles. The third-order valence-corrected chi connectivity index (χ3v) is 3.75. The molecule has 1 atom stereocenters. The molecule has 0 radical (unpaired) electrons. The van der Waals surface area contributed by atoms with Gasteiger partial charge in [0.2, 0.25) is 0 Å². The van der Waals surface area contributed by atoms with Crippen molar-refractivity contribution in [3.8, 4) is 0 Å². The van der Waals surface area contributed by atoms with E-state index in [-0.39, 0.29) is 11.9 Å². The molecule has 0 aliphatic heterocycles. The van der Waals surface area contributed by atoms with Crippen LogP contribution in [-0.4, -0.2) is 22.6 Å². The number of aliphatic hydroxyl groups is 1. The highest BCUT2D eigenvalue weighted by molar-refractivity contribution is 6.02. The standard InChI is InChI=1S/C18H28O3/c1-5-7-12-18(20,6-2)17(19)16-10-8-15(9-11-16)13-21-14(3)4/h8-11,14,20H,5-7,12-13H2,1-4H3. The molecule has 118 valence electrons. The van der Waals surface area contributed by atoms with Gasteiger partial charge in [-0.3, -0.25) is 4.79 Å². The number of unbranched alkanes of at least 4 members (excludes halogenated alkanes) is 1. The van der Waals surface area contributed by atoms with E-state index < -0.39 is 5.60 Å². The second kappa shape index (κ2) is 8.30. The topological polar surface area (TPSA) is 46.5 Å². The van der Waals surface area contributed by atoms with Crippen LogP contribution in [0.4, 0.5) is 0 Å². The van der Waals surface area contributed by atoms with Crippen LogP contribution in [0.5, 0.6) is 0 Å². The average molecular weight is 292 g/mol. The lowest BCUT2D eigenvalue weighted by molar-refractivity contribution is 0.0240. The molecule has 1 aromatic carbocycles. The van der Waals surface area contributed by atoms with E-state index in [9.17, 15) is 9.90 Å². The van der Waals surface area contributed by atoms with Crippen LogP contribution in [-0.2, 0) is 11.3 Å². The Bertz CT molecular complexity index is 436. The fourth-order valence-corrected chi connectivity index (χ4v) is 2.20. The van der Waals surface area contributed by atoms with Crippen molar-refractivity contribution >= 4 is 5.78 Å². The van der Waals surface area contributed by atoms with Gasteiger partial charge in [0.05, 0.1) is 12.7 Å². The van der Waals surface area contributed by atoms with Gasteiger partial charge in [-0.05, 0) is 32.3 Å². The Hall–Kier alpha value is -1.19. The van der Waals surface area contributed by atoms with Crippen molar-refractivity contribution < 1.29 is 14.6 Å². The summed E-state index contributed by atoms with van der Waals surface area (Å²) in [4.78, 5) is 12.5. The molecule has 21 heavy (non-hydrogen) atoms. The molecule has 0 saturated carbocycles. The van der Waals surface area contributed by atoms with Gasteiger partial charge in [-0.15, -0.1) is 0 Å². The maximum atomic E-state index is 12.5. The predicted molar refractivity (Wildman–Crippen MR) is 85.5 cm³/mol. The van der Waals surface area contributed by atoms with E-state index in [1.54, 1.807) is 12.1 Å². The molecule has 0 spiro atoms. The molecular weight excluding hydrogens is 264 g/mol. The van der Waals surface area contributed by atoms with Gasteiger partial charge in [0.15, 0.2) is 5.78 Å². The lowest BCUT2D eigenvalue weighted by Crippen LogP contribution is -2.38. The molecule has 0 amide bonds. The fourth-order valence-electron chi connectivity index (χ4n) is 2.20. The zero-order valence-electron chi connectivity index (χ0n) is 13.7. The summed E-state index contributed by atoms with van der Waals surface area (Å²) in [5.74, 6) is -0.172. The first kappa shape index (κ1) is 17.9. The normalized spacial score (nSPS) is 14.2. The van der Waals surface area contributed by atoms with Gasteiger partial charge in [0, 0.05) is 5.56 Å². The first-order chi connectivity index (χ1) is 9.92. The SMILES string of the molecule is CCCCC(O)(CC)C(=O)c1ccc(COC(C)C)cc1. The number of carbonyl (C=O) groups is 1. The van der Waals surface area contributed by atoms with Crippen molar-refractivity contribution in [1.82, 2.24) is 0 Å². The number of hydrogen-bond acceptors (Lipinski definition) is 3. The lowest BCUT2D eigenvalue weighted by atomic mass is 9.85. The number of hydrogen-bond donors (Lipinski definition) is 1. The molecule has 1 N–H and O–H groups in total. The average Bonchev–Trinajstić information content (AvgIpc) is 2.50. The van der Waals surface area contributed by atoms with E-state index in [1.807, 2.05) is 32.9 Å². The Morgan fingerprint density at radius 3 is 2.33 bits per heavy atom. The summed E-state index contributed by atoms with van der Waals surface area (Å²) in [6, 6.07) is 7.36. The minimum Gasteiger partial charge on any atom is -0.382 e. The molecule has 1 unspecified atom stereocenters. The van der Waals surface area contributed by atoms with Crippen molar-refractivity contribution in [2.24, 2.45) is 0 Å². The fraction of sp³-hybridized carbons (Fsp3) is 0.611. The van der Waals surface area contributed by atoms with Gasteiger partial charge in [-0.2, -0.15) is 0 Å². The third-order valence-electron chi connectivity index (χ3n) is 3.75. The van der Waals surface area contributed by atoms with Gasteiger partial charge < -0.3 is 9.84 Å². The molecule has 3 nitrogen and oxygen atoms in total. The van der Waals surface area contributed by atoms with Crippen LogP contribution in [0.1, 0.15) is 69.3 Å². The maximum absolute atomic E-state index is 12.5. The van der Waals surface area contributed by atoms with Crippen molar-refractivity contribution in [1.29, 1.82) is 0 Å². The van der Waals surface area contributed by atoms with E-state index in [0.29, 0.717) is 25.0 Å². The summed E-state index contributed by atoms with van der Waals surface area (Å²) >= 11 is 0. The van der Waals surface area contributed by atoms with E-state index in [0.717, 1.165) is 18.4 Å². The molecule has 0 fully saturated rings. The maximum Gasteiger partial charge on any atom is 0.194 e. The third kappa shape index (κ3) is 5.25. The van der Waals surface area contributed by atoms with Gasteiger partial charge in [0.1, 0.15) is 5.60 Å². The number of ether oxygens (including phenoxy) is 1. The highest BCUT2D eigenvalue weighted by Crippen LogP contribution is 2.24. The number of carbonyl (C=O) groups excluding carboxylic acids is 1. The summed E-state index contributed by atoms with van der Waals surface area (Å²) in [7, 11) is 0. The van der Waals surface area contributed by atoms with Crippen LogP contribution in [0.2, 0.25) is 0 Å². The molecule has 0 bridgehead atoms. The van der Waals surface area contributed by atoms with E-state index in [1.165, 1.54) is 0 Å². The van der Waals surface area contributed by atoms with Crippen LogP contribution < -0.4 is 0 Å². The van der Waals surface area contributed by atoms with Crippen LogP contribution >= 0.6 is 0 Å². The van der Waals surface area contributed by atoms with Gasteiger partial charge in [0.25, 0.3) is 0 Å². The minimum atomic E-state index is -1.23. The molecule has 1 aromatic rings. The number of rotatable bonds is 9. The van der Waals surface area contributed by atoms with Crippen LogP contribution in [0.25, 0.3) is 0 Å². The monoisotopic (exact) mass is 292 g/mol. The van der Waals surface area contributed by atoms with Crippen molar-refractivity contribution in [2.75, 3.05) is 0 Å². The number of Topliss-reactive ketones (excluding diaryl/α,β-unsaturated/α-hetero) is 1. The van der Waals surface area contributed by atoms with Crippen molar-refractivity contribution in [2.45, 2.75) is 71.7 Å². The summed E-state index contributed by atoms with van der Waals surface area (Å²) in [5, 5.41) is 10.5. The Morgan fingerprint density at radius 1 is 1.24 bits per heavy atom. The zero-order valence-corrected chi connectivity index (χ0v) is 13.7. The summed E-state index contributed by atoms with van der Waals surface area (Å²) in [6.07, 6.45) is 2.99. The Kier molecular flexibility index (Phi) is 7.06. The number of ketones is 1. The van der Waals surface area contributed by atoms with Crippen molar-refractivity contribution in [3.63, 3.8) is 0 Å². The van der Waals surface area contributed by atoms with E-state index >= 15 is 0 Å². The van der Waals surface area contributed by atoms with Crippen LogP contribution in [0.15, 0.2) is 24.3 Å². The molecule has 0 aliphatic carbocycles. The molecular formula is C18H28O3. The number of benzene rings is 1. The second-order valence-corrected chi connectivity index (χ2v) is 5.87. The predicted octanol–water partition coefficient (Wildman–Crippen LogP) is 4.13. The molecule has 0 aliphatic rings. The molecule has 0 aromatic heterocycles. The molecule has 1 rings (SSSR count). The summed E-state index contributed by atoms with van der Waals surface area (Å²) in [5.41, 5.74) is 0.379. The van der Waals surface area contributed by atoms with Crippen LogP contribution in [0, 0.1) is 0 Å². The van der Waals surface area contributed by atoms with Gasteiger partial charge in [-0.1, -0.05) is 51.0 Å². The minimum absolute atomic E-state index is 0.172. The van der Waals surface area contributed by atoms with Crippen LogP contribution in [0.3, 0.4) is 0 Å². The van der Waals surface area contributed by atoms with E-state index in [2.05, 4.69) is 6.92 Å². The van der Waals surface area contributed by atoms with Gasteiger partial charge in [-0.25, -0.2) is 0 Å². The zero-order chi connectivity index (χ0) is 15.9. The highest BCUT2D eigenvalue weighted by Gasteiger charge is 2.33. The van der Waals surface area contributed by atoms with E-state index in [4.69, 9.17) is 4.74 Å². The highest BCUT2D eigenvalue weighted by atomic mass is 16.5. The van der Waals surface area contributed by atoms with Crippen molar-refractivity contribution in [3.05, 3.63) is 35.4 Å². The molecule has 0 heterocycles. The molecule has 3 heteroatoms. The summed E-state index contributed by atoms with van der Waals surface area (Å²) < 4.78 is 5.54. The smallest absolute Gasteiger partial charge is 0.194 e. The van der Waals surface area contributed by atoms with Gasteiger partial charge >= 0.3 is 0 Å². The first-order valence-electron chi connectivity index (χ1n) is 7.90. The Labute approximate surface area is 128 Å². The summed E-state index contributed by atoms with van der Waals surface area (Å²) in [6.45, 7) is 8.45. The Balaban J connectivity index is 2.77. The quantitative estimate of drug-likeness (QED) is 0.696. The first-order valence-corrected chi connectivity index (χ1v) is 7.90.